The maximum Gasteiger partial charge on any atom is 0.0729 e. The van der Waals surface area contributed by atoms with Gasteiger partial charge in [0.25, 0.3) is 0 Å². The zero-order chi connectivity index (χ0) is 39.9. The van der Waals surface area contributed by atoms with Crippen LogP contribution in [0.25, 0.3) is 71.7 Å². The summed E-state index contributed by atoms with van der Waals surface area (Å²) in [7, 11) is 0. The summed E-state index contributed by atoms with van der Waals surface area (Å²) in [6.07, 6.45) is 3.85. The van der Waals surface area contributed by atoms with Crippen LogP contribution in [0, 0.1) is 5.41 Å². The van der Waals surface area contributed by atoms with E-state index in [0.717, 1.165) is 38.9 Å². The van der Waals surface area contributed by atoms with E-state index >= 15 is 0 Å². The number of aliphatic imine (C=N–C) groups is 1. The Kier molecular flexibility index (Phi) is 9.03. The van der Waals surface area contributed by atoms with Gasteiger partial charge in [-0.15, -0.1) is 0 Å². The van der Waals surface area contributed by atoms with Crippen LogP contribution in [-0.4, -0.2) is 11.9 Å². The molecule has 280 valence electrons. The van der Waals surface area contributed by atoms with Crippen LogP contribution in [-0.2, 0) is 5.41 Å². The van der Waals surface area contributed by atoms with Gasteiger partial charge in [-0.25, -0.2) is 0 Å². The molecule has 2 nitrogen and oxygen atoms in total. The van der Waals surface area contributed by atoms with Gasteiger partial charge in [0.2, 0.25) is 0 Å². The van der Waals surface area contributed by atoms with Crippen LogP contribution in [0.3, 0.4) is 0 Å². The number of nitrogens with one attached hydrogen (secondary N) is 1. The van der Waals surface area contributed by atoms with Gasteiger partial charge >= 0.3 is 0 Å². The van der Waals surface area contributed by atoms with Gasteiger partial charge in [0.05, 0.1) is 11.4 Å². The lowest BCUT2D eigenvalue weighted by atomic mass is 9.78. The lowest BCUT2D eigenvalue weighted by Crippen LogP contribution is -2.16. The Balaban J connectivity index is 1.05. The van der Waals surface area contributed by atoms with E-state index in [2.05, 4.69) is 172 Å². The molecule has 0 spiro atoms. The molecule has 0 bridgehead atoms. The number of allylic oxidation sites excluding steroid dienone is 1. The van der Waals surface area contributed by atoms with Crippen molar-refractivity contribution in [2.45, 2.75) is 19.3 Å². The fourth-order valence-electron chi connectivity index (χ4n) is 9.08. The summed E-state index contributed by atoms with van der Waals surface area (Å²) in [6.45, 7) is 4.75. The minimum Gasteiger partial charge on any atom is -0.300 e. The van der Waals surface area contributed by atoms with Crippen LogP contribution in [0.15, 0.2) is 211 Å². The normalized spacial score (nSPS) is 13.2. The third-order valence-corrected chi connectivity index (χ3v) is 12.0. The fraction of sp³-hybridized carbons (Fsp3) is 0.0526. The summed E-state index contributed by atoms with van der Waals surface area (Å²) >= 11 is 0. The number of rotatable bonds is 8. The SMILES string of the molecule is CC1(C)c2cc3ccccc3cc2-c2cccc(-c3cccc(-c4ccc(C=N/C(=C\C(=N)c5ccccc5)c5ccccc5-c5ccccc5)c5ccccc45)c3)c21. The molecule has 0 radical (unpaired) electrons. The Morgan fingerprint density at radius 2 is 1.07 bits per heavy atom. The lowest BCUT2D eigenvalue weighted by Gasteiger charge is -2.25. The third kappa shape index (κ3) is 6.49. The van der Waals surface area contributed by atoms with E-state index in [1.54, 1.807) is 0 Å². The van der Waals surface area contributed by atoms with Gasteiger partial charge in [0.15, 0.2) is 0 Å². The predicted octanol–water partition coefficient (Wildman–Crippen LogP) is 14.8. The Morgan fingerprint density at radius 1 is 0.475 bits per heavy atom. The quantitative estimate of drug-likeness (QED) is 0.150. The molecular weight excluding hydrogens is 713 g/mol. The molecule has 0 atom stereocenters. The largest absolute Gasteiger partial charge is 0.300 e. The van der Waals surface area contributed by atoms with Gasteiger partial charge in [-0.2, -0.15) is 0 Å². The zero-order valence-corrected chi connectivity index (χ0v) is 33.2. The van der Waals surface area contributed by atoms with Gasteiger partial charge in [-0.1, -0.05) is 196 Å². The maximum absolute atomic E-state index is 9.08. The molecule has 59 heavy (non-hydrogen) atoms. The molecule has 0 saturated carbocycles. The molecular formula is C57H42N2. The highest BCUT2D eigenvalue weighted by atomic mass is 14.7. The second-order valence-corrected chi connectivity index (χ2v) is 15.9. The summed E-state index contributed by atoms with van der Waals surface area (Å²) in [4.78, 5) is 5.20. The first-order valence-electron chi connectivity index (χ1n) is 20.3. The summed E-state index contributed by atoms with van der Waals surface area (Å²) < 4.78 is 0. The van der Waals surface area contributed by atoms with Crippen molar-refractivity contribution in [2.24, 2.45) is 4.99 Å². The number of benzene rings is 9. The number of nitrogens with zero attached hydrogens (tertiary/aromatic N) is 1. The van der Waals surface area contributed by atoms with Crippen molar-refractivity contribution in [2.75, 3.05) is 0 Å². The first-order valence-corrected chi connectivity index (χ1v) is 20.3. The minimum atomic E-state index is -0.149. The average Bonchev–Trinajstić information content (AvgIpc) is 3.52. The first-order chi connectivity index (χ1) is 28.9. The highest BCUT2D eigenvalue weighted by Crippen LogP contribution is 2.53. The number of fused-ring (bicyclic) bond motifs is 5. The van der Waals surface area contributed by atoms with E-state index in [0.29, 0.717) is 5.71 Å². The first kappa shape index (κ1) is 36.0. The third-order valence-electron chi connectivity index (χ3n) is 12.0. The smallest absolute Gasteiger partial charge is 0.0729 e. The molecule has 1 N–H and O–H groups in total. The van der Waals surface area contributed by atoms with Crippen LogP contribution in [0.4, 0.5) is 0 Å². The molecule has 0 unspecified atom stereocenters. The molecule has 9 aromatic rings. The molecule has 1 aliphatic rings. The van der Waals surface area contributed by atoms with Crippen molar-refractivity contribution in [3.63, 3.8) is 0 Å². The molecule has 1 aliphatic carbocycles. The van der Waals surface area contributed by atoms with Crippen molar-refractivity contribution in [3.8, 4) is 44.5 Å². The number of hydrogen-bond acceptors (Lipinski definition) is 2. The van der Waals surface area contributed by atoms with Crippen LogP contribution in [0.1, 0.15) is 41.7 Å². The second-order valence-electron chi connectivity index (χ2n) is 15.9. The fourth-order valence-corrected chi connectivity index (χ4v) is 9.08. The Bertz CT molecular complexity index is 3130. The summed E-state index contributed by atoms with van der Waals surface area (Å²) in [5.74, 6) is 0. The molecule has 0 aliphatic heterocycles. The van der Waals surface area contributed by atoms with E-state index in [1.165, 1.54) is 60.7 Å². The standard InChI is InChI=1S/C57H42N2/c1-57(2)53-35-41-22-10-9-21-40(41)34-52(53)51-30-16-29-48(56(51)57)43-24-15-23-42(33-43)47-32-31-44(46-26-11-13-27-49(46)47)37-59-55(36-54(58)39-19-7-4-8-20-39)50-28-14-12-25-45(50)38-17-5-3-6-18-38/h3-37,58H,1-2H3/b55-36-,58-54?,59-37?. The van der Waals surface area contributed by atoms with Crippen LogP contribution in [0.5, 0.6) is 0 Å². The molecule has 10 rings (SSSR count). The van der Waals surface area contributed by atoms with Crippen LogP contribution < -0.4 is 0 Å². The van der Waals surface area contributed by atoms with Crippen LogP contribution in [0.2, 0.25) is 0 Å². The average molecular weight is 755 g/mol. The van der Waals surface area contributed by atoms with Gasteiger partial charge in [0, 0.05) is 22.8 Å². The molecule has 0 aromatic heterocycles. The Morgan fingerprint density at radius 3 is 1.86 bits per heavy atom. The van der Waals surface area contributed by atoms with E-state index in [9.17, 15) is 0 Å². The predicted molar refractivity (Wildman–Crippen MR) is 251 cm³/mol. The topological polar surface area (TPSA) is 36.2 Å². The van der Waals surface area contributed by atoms with Crippen LogP contribution >= 0.6 is 0 Å². The van der Waals surface area contributed by atoms with Crippen molar-refractivity contribution in [3.05, 3.63) is 234 Å². The summed E-state index contributed by atoms with van der Waals surface area (Å²) in [5, 5.41) is 13.9. The minimum absolute atomic E-state index is 0.149. The summed E-state index contributed by atoms with van der Waals surface area (Å²) in [6, 6.07) is 70.9. The molecule has 2 heteroatoms. The van der Waals surface area contributed by atoms with Gasteiger partial charge in [0.1, 0.15) is 0 Å². The molecule has 0 fully saturated rings. The maximum atomic E-state index is 9.08. The van der Waals surface area contributed by atoms with Crippen molar-refractivity contribution in [1.29, 1.82) is 5.41 Å². The number of hydrogen-bond donors (Lipinski definition) is 1. The monoisotopic (exact) mass is 754 g/mol. The van der Waals surface area contributed by atoms with Gasteiger partial charge in [-0.3, -0.25) is 4.99 Å². The molecule has 0 saturated heterocycles. The van der Waals surface area contributed by atoms with E-state index in [4.69, 9.17) is 10.4 Å². The van der Waals surface area contributed by atoms with Crippen molar-refractivity contribution >= 4 is 39.2 Å². The van der Waals surface area contributed by atoms with E-state index in [1.807, 2.05) is 54.8 Å². The van der Waals surface area contributed by atoms with Crippen molar-refractivity contribution in [1.82, 2.24) is 0 Å². The highest BCUT2D eigenvalue weighted by molar-refractivity contribution is 6.12. The Labute approximate surface area is 346 Å². The van der Waals surface area contributed by atoms with E-state index in [-0.39, 0.29) is 5.41 Å². The molecule has 0 heterocycles. The molecule has 9 aromatic carbocycles. The van der Waals surface area contributed by atoms with Crippen molar-refractivity contribution < 1.29 is 0 Å². The Hall–Kier alpha value is -7.42. The van der Waals surface area contributed by atoms with E-state index < -0.39 is 0 Å². The van der Waals surface area contributed by atoms with Gasteiger partial charge < -0.3 is 5.41 Å². The lowest BCUT2D eigenvalue weighted by molar-refractivity contribution is 0.663. The molecule has 0 amide bonds. The highest BCUT2D eigenvalue weighted by Gasteiger charge is 2.37. The zero-order valence-electron chi connectivity index (χ0n) is 33.2. The summed E-state index contributed by atoms with van der Waals surface area (Å²) in [5.41, 5.74) is 16.3. The van der Waals surface area contributed by atoms with Gasteiger partial charge in [-0.05, 0) is 107 Å². The second kappa shape index (κ2) is 14.8.